The van der Waals surface area contributed by atoms with Gasteiger partial charge in [0.25, 0.3) is 0 Å². The van der Waals surface area contributed by atoms with Gasteiger partial charge in [0.2, 0.25) is 5.91 Å². The molecule has 0 aliphatic heterocycles. The molecule has 1 heterocycles. The Morgan fingerprint density at radius 3 is 2.69 bits per heavy atom. The van der Waals surface area contributed by atoms with E-state index in [-0.39, 0.29) is 11.8 Å². The zero-order valence-corrected chi connectivity index (χ0v) is 15.1. The van der Waals surface area contributed by atoms with E-state index in [1.807, 2.05) is 19.1 Å². The highest BCUT2D eigenvalue weighted by molar-refractivity contribution is 6.07. The molecule has 1 amide bonds. The molecule has 0 bridgehead atoms. The van der Waals surface area contributed by atoms with Crippen molar-refractivity contribution in [2.75, 3.05) is 6.61 Å². The molecule has 0 spiro atoms. The van der Waals surface area contributed by atoms with Gasteiger partial charge in [-0.1, -0.05) is 44.4 Å². The van der Waals surface area contributed by atoms with Gasteiger partial charge in [-0.15, -0.1) is 0 Å². The number of H-pyrrole nitrogens is 1. The molecule has 1 atom stereocenters. The molecule has 3 rings (SSSR count). The van der Waals surface area contributed by atoms with Crippen LogP contribution in [0.1, 0.15) is 39.0 Å². The summed E-state index contributed by atoms with van der Waals surface area (Å²) in [5.74, 6) is 0.442. The second kappa shape index (κ2) is 8.72. The molecule has 5 heteroatoms. The first-order valence-electron chi connectivity index (χ1n) is 9.26. The predicted molar refractivity (Wildman–Crippen MR) is 103 cm³/mol. The average Bonchev–Trinajstić information content (AvgIpc) is 3.04. The normalized spacial score (nSPS) is 12.4. The Labute approximate surface area is 153 Å². The molecule has 5 nitrogen and oxygen atoms in total. The van der Waals surface area contributed by atoms with Gasteiger partial charge in [0.05, 0.1) is 12.1 Å². The third kappa shape index (κ3) is 4.35. The molecule has 0 saturated heterocycles. The summed E-state index contributed by atoms with van der Waals surface area (Å²) in [4.78, 5) is 14.6. The van der Waals surface area contributed by atoms with Crippen LogP contribution < -0.4 is 10.2 Å². The van der Waals surface area contributed by atoms with Crippen molar-refractivity contribution < 1.29 is 14.7 Å². The second-order valence-electron chi connectivity index (χ2n) is 6.81. The fourth-order valence-electron chi connectivity index (χ4n) is 3.26. The number of hydrogen-bond donors (Lipinski definition) is 3. The van der Waals surface area contributed by atoms with E-state index in [0.717, 1.165) is 48.9 Å². The molecule has 26 heavy (non-hydrogen) atoms. The van der Waals surface area contributed by atoms with E-state index < -0.39 is 0 Å². The molecule has 2 aromatic carbocycles. The van der Waals surface area contributed by atoms with Crippen LogP contribution in [0.5, 0.6) is 5.75 Å². The van der Waals surface area contributed by atoms with Crippen molar-refractivity contribution in [2.45, 2.75) is 39.0 Å². The maximum Gasteiger partial charge on any atom is 0.246 e. The zero-order chi connectivity index (χ0) is 18.4. The summed E-state index contributed by atoms with van der Waals surface area (Å²) in [6.07, 6.45) is 4.90. The number of carbonyl (C=O) groups excluding carboxylic acids is 1. The average molecular weight is 354 g/mol. The van der Waals surface area contributed by atoms with Crippen LogP contribution in [0.4, 0.5) is 0 Å². The highest BCUT2D eigenvalue weighted by Crippen LogP contribution is 2.28. The Kier molecular flexibility index (Phi) is 6.12. The van der Waals surface area contributed by atoms with E-state index in [0.29, 0.717) is 6.61 Å². The quantitative estimate of drug-likeness (QED) is 0.294. The summed E-state index contributed by atoms with van der Waals surface area (Å²) in [6, 6.07) is 14.5. The number of benzene rings is 2. The number of carbonyl (C=O) groups is 1. The van der Waals surface area contributed by atoms with Crippen LogP contribution in [-0.4, -0.2) is 22.7 Å². The Bertz CT molecular complexity index is 872. The van der Waals surface area contributed by atoms with Crippen molar-refractivity contribution in [1.29, 1.82) is 0 Å². The molecular formula is C21H26N2O3. The molecule has 0 saturated carbocycles. The number of ether oxygens (including phenoxy) is 1. The Morgan fingerprint density at radius 2 is 1.85 bits per heavy atom. The van der Waals surface area contributed by atoms with E-state index in [2.05, 4.69) is 35.3 Å². The van der Waals surface area contributed by atoms with Crippen molar-refractivity contribution in [2.24, 2.45) is 5.92 Å². The van der Waals surface area contributed by atoms with Crippen LogP contribution in [0.3, 0.4) is 0 Å². The SMILES string of the molecule is CC(CCCCCCOc1ccc2c(c1)[nH]c1ccccc12)C(=O)NO. The summed E-state index contributed by atoms with van der Waals surface area (Å²) in [7, 11) is 0. The van der Waals surface area contributed by atoms with E-state index in [1.165, 1.54) is 10.8 Å². The van der Waals surface area contributed by atoms with Gasteiger partial charge in [0, 0.05) is 28.3 Å². The maximum atomic E-state index is 11.2. The number of amides is 1. The molecule has 3 aromatic rings. The Hall–Kier alpha value is -2.53. The summed E-state index contributed by atoms with van der Waals surface area (Å²) in [5, 5.41) is 11.0. The molecule has 0 fully saturated rings. The van der Waals surface area contributed by atoms with Crippen molar-refractivity contribution in [3.63, 3.8) is 0 Å². The largest absolute Gasteiger partial charge is 0.494 e. The first kappa shape index (κ1) is 18.3. The number of hydroxylamine groups is 1. The minimum atomic E-state index is -0.305. The lowest BCUT2D eigenvalue weighted by Crippen LogP contribution is -2.25. The van der Waals surface area contributed by atoms with Gasteiger partial charge >= 0.3 is 0 Å². The fraction of sp³-hybridized carbons (Fsp3) is 0.381. The first-order chi connectivity index (χ1) is 12.7. The molecule has 0 aliphatic carbocycles. The lowest BCUT2D eigenvalue weighted by atomic mass is 10.0. The lowest BCUT2D eigenvalue weighted by Gasteiger charge is -2.09. The van der Waals surface area contributed by atoms with Crippen LogP contribution in [0.25, 0.3) is 21.8 Å². The van der Waals surface area contributed by atoms with Crippen molar-refractivity contribution in [1.82, 2.24) is 10.5 Å². The molecule has 0 radical (unpaired) electrons. The fourth-order valence-corrected chi connectivity index (χ4v) is 3.26. The number of para-hydroxylation sites is 1. The highest BCUT2D eigenvalue weighted by atomic mass is 16.5. The lowest BCUT2D eigenvalue weighted by molar-refractivity contribution is -0.133. The van der Waals surface area contributed by atoms with E-state index >= 15 is 0 Å². The number of fused-ring (bicyclic) bond motifs is 3. The van der Waals surface area contributed by atoms with E-state index in [4.69, 9.17) is 9.94 Å². The number of unbranched alkanes of at least 4 members (excludes halogenated alkanes) is 3. The standard InChI is InChI=1S/C21H26N2O3/c1-15(21(24)23-25)8-4-2-3-7-13-26-16-11-12-18-17-9-5-6-10-19(17)22-20(18)14-16/h5-6,9-12,14-15,22,25H,2-4,7-8,13H2,1H3,(H,23,24). The van der Waals surface area contributed by atoms with Gasteiger partial charge in [0.15, 0.2) is 0 Å². The second-order valence-corrected chi connectivity index (χ2v) is 6.81. The third-order valence-electron chi connectivity index (χ3n) is 4.84. The van der Waals surface area contributed by atoms with Crippen LogP contribution >= 0.6 is 0 Å². The van der Waals surface area contributed by atoms with Crippen molar-refractivity contribution in [3.8, 4) is 5.75 Å². The van der Waals surface area contributed by atoms with Crippen LogP contribution in [0.15, 0.2) is 42.5 Å². The van der Waals surface area contributed by atoms with Crippen molar-refractivity contribution in [3.05, 3.63) is 42.5 Å². The smallest absolute Gasteiger partial charge is 0.246 e. The van der Waals surface area contributed by atoms with Crippen LogP contribution in [-0.2, 0) is 4.79 Å². The van der Waals surface area contributed by atoms with Gasteiger partial charge in [-0.25, -0.2) is 5.48 Å². The molecule has 1 aromatic heterocycles. The topological polar surface area (TPSA) is 74.4 Å². The van der Waals surface area contributed by atoms with Crippen LogP contribution in [0, 0.1) is 5.92 Å². The van der Waals surface area contributed by atoms with Crippen LogP contribution in [0.2, 0.25) is 0 Å². The van der Waals surface area contributed by atoms with Crippen molar-refractivity contribution >= 4 is 27.7 Å². The maximum absolute atomic E-state index is 11.2. The molecular weight excluding hydrogens is 328 g/mol. The van der Waals surface area contributed by atoms with E-state index in [9.17, 15) is 4.79 Å². The minimum Gasteiger partial charge on any atom is -0.494 e. The van der Waals surface area contributed by atoms with Gasteiger partial charge < -0.3 is 9.72 Å². The number of nitrogens with one attached hydrogen (secondary N) is 2. The highest BCUT2D eigenvalue weighted by Gasteiger charge is 2.10. The van der Waals surface area contributed by atoms with E-state index in [1.54, 1.807) is 5.48 Å². The zero-order valence-electron chi connectivity index (χ0n) is 15.1. The summed E-state index contributed by atoms with van der Waals surface area (Å²) < 4.78 is 5.88. The summed E-state index contributed by atoms with van der Waals surface area (Å²) in [6.45, 7) is 2.52. The Balaban J connectivity index is 1.41. The molecule has 0 aliphatic rings. The summed E-state index contributed by atoms with van der Waals surface area (Å²) >= 11 is 0. The molecule has 138 valence electrons. The monoisotopic (exact) mass is 354 g/mol. The number of rotatable bonds is 9. The number of hydrogen-bond acceptors (Lipinski definition) is 3. The minimum absolute atomic E-state index is 0.140. The third-order valence-corrected chi connectivity index (χ3v) is 4.84. The number of aromatic amines is 1. The van der Waals surface area contributed by atoms with Gasteiger partial charge in [-0.3, -0.25) is 10.0 Å². The van der Waals surface area contributed by atoms with Gasteiger partial charge in [0.1, 0.15) is 5.75 Å². The van der Waals surface area contributed by atoms with Gasteiger partial charge in [-0.05, 0) is 31.0 Å². The summed E-state index contributed by atoms with van der Waals surface area (Å²) in [5.41, 5.74) is 3.94. The molecule has 3 N–H and O–H groups in total. The first-order valence-corrected chi connectivity index (χ1v) is 9.26. The number of aromatic nitrogens is 1. The predicted octanol–water partition coefficient (Wildman–Crippen LogP) is 4.79. The Morgan fingerprint density at radius 1 is 1.08 bits per heavy atom. The molecule has 1 unspecified atom stereocenters. The van der Waals surface area contributed by atoms with Gasteiger partial charge in [-0.2, -0.15) is 0 Å².